The third-order valence-corrected chi connectivity index (χ3v) is 4.84. The molecule has 0 bridgehead atoms. The third kappa shape index (κ3) is 4.74. The Balaban J connectivity index is 2.29. The summed E-state index contributed by atoms with van der Waals surface area (Å²) in [7, 11) is 3.28. The maximum absolute atomic E-state index is 11.8. The molecule has 4 heteroatoms. The Morgan fingerprint density at radius 3 is 2.65 bits per heavy atom. The van der Waals surface area contributed by atoms with E-state index in [0.717, 1.165) is 31.7 Å². The van der Waals surface area contributed by atoms with E-state index in [2.05, 4.69) is 24.1 Å². The number of piperidine rings is 1. The van der Waals surface area contributed by atoms with Crippen molar-refractivity contribution in [2.75, 3.05) is 27.2 Å². The standard InChI is InChI=1S/C16H32N2O2/c1-13-8-11-18(14(2)12-13)10-7-6-9-16(3,17-4)15(19)20-5/h13-14,17H,6-12H2,1-5H3. The Kier molecular flexibility index (Phi) is 6.96. The minimum absolute atomic E-state index is 0.167. The molecule has 3 atom stereocenters. The number of carbonyl (C=O) groups is 1. The van der Waals surface area contributed by atoms with Crippen LogP contribution in [0.5, 0.6) is 0 Å². The van der Waals surface area contributed by atoms with Gasteiger partial charge in [0.15, 0.2) is 0 Å². The molecular formula is C16H32N2O2. The largest absolute Gasteiger partial charge is 0.468 e. The summed E-state index contributed by atoms with van der Waals surface area (Å²) in [5, 5.41) is 3.09. The number of likely N-dealkylation sites (tertiary alicyclic amines) is 1. The molecule has 1 fully saturated rings. The first kappa shape index (κ1) is 17.4. The van der Waals surface area contributed by atoms with E-state index in [1.54, 1.807) is 0 Å². The molecule has 1 rings (SSSR count). The second-order valence-corrected chi connectivity index (χ2v) is 6.55. The zero-order chi connectivity index (χ0) is 15.2. The molecule has 0 aromatic rings. The van der Waals surface area contributed by atoms with Crippen molar-refractivity contribution in [3.8, 4) is 0 Å². The van der Waals surface area contributed by atoms with Gasteiger partial charge in [0.25, 0.3) is 0 Å². The van der Waals surface area contributed by atoms with E-state index < -0.39 is 5.54 Å². The van der Waals surface area contributed by atoms with Gasteiger partial charge in [-0.05, 0) is 72.0 Å². The van der Waals surface area contributed by atoms with Crippen molar-refractivity contribution >= 4 is 5.97 Å². The lowest BCUT2D eigenvalue weighted by Crippen LogP contribution is -2.48. The van der Waals surface area contributed by atoms with Crippen molar-refractivity contribution in [3.63, 3.8) is 0 Å². The fourth-order valence-corrected chi connectivity index (χ4v) is 3.14. The van der Waals surface area contributed by atoms with E-state index in [1.807, 2.05) is 14.0 Å². The van der Waals surface area contributed by atoms with E-state index in [9.17, 15) is 4.79 Å². The van der Waals surface area contributed by atoms with E-state index in [0.29, 0.717) is 6.04 Å². The van der Waals surface area contributed by atoms with Crippen LogP contribution in [0.3, 0.4) is 0 Å². The van der Waals surface area contributed by atoms with Gasteiger partial charge in [0.2, 0.25) is 0 Å². The molecule has 0 aromatic heterocycles. The van der Waals surface area contributed by atoms with Gasteiger partial charge in [0.1, 0.15) is 5.54 Å². The van der Waals surface area contributed by atoms with Crippen molar-refractivity contribution < 1.29 is 9.53 Å². The molecule has 1 saturated heterocycles. The number of unbranched alkanes of at least 4 members (excludes halogenated alkanes) is 1. The molecule has 0 saturated carbocycles. The molecule has 0 spiro atoms. The maximum Gasteiger partial charge on any atom is 0.325 e. The highest BCUT2D eigenvalue weighted by Crippen LogP contribution is 2.23. The summed E-state index contributed by atoms with van der Waals surface area (Å²) in [6.07, 6.45) is 5.66. The number of carbonyl (C=O) groups excluding carboxylic acids is 1. The highest BCUT2D eigenvalue weighted by molar-refractivity contribution is 5.80. The smallest absolute Gasteiger partial charge is 0.325 e. The van der Waals surface area contributed by atoms with Crippen molar-refractivity contribution in [3.05, 3.63) is 0 Å². The predicted molar refractivity (Wildman–Crippen MR) is 82.8 cm³/mol. The van der Waals surface area contributed by atoms with Crippen LogP contribution < -0.4 is 5.32 Å². The Hall–Kier alpha value is -0.610. The molecule has 4 nitrogen and oxygen atoms in total. The summed E-state index contributed by atoms with van der Waals surface area (Å²) >= 11 is 0. The molecule has 20 heavy (non-hydrogen) atoms. The Bertz CT molecular complexity index is 309. The lowest BCUT2D eigenvalue weighted by molar-refractivity contribution is -0.148. The zero-order valence-corrected chi connectivity index (χ0v) is 13.9. The number of hydrogen-bond donors (Lipinski definition) is 1. The Labute approximate surface area is 124 Å². The second-order valence-electron chi connectivity index (χ2n) is 6.55. The monoisotopic (exact) mass is 284 g/mol. The van der Waals surface area contributed by atoms with Crippen molar-refractivity contribution in [1.82, 2.24) is 10.2 Å². The van der Waals surface area contributed by atoms with Gasteiger partial charge in [0.05, 0.1) is 7.11 Å². The zero-order valence-electron chi connectivity index (χ0n) is 13.9. The summed E-state index contributed by atoms with van der Waals surface area (Å²) in [4.78, 5) is 14.3. The molecule has 0 aromatic carbocycles. The van der Waals surface area contributed by atoms with Gasteiger partial charge < -0.3 is 15.0 Å². The first-order valence-electron chi connectivity index (χ1n) is 7.94. The number of esters is 1. The van der Waals surface area contributed by atoms with Crippen LogP contribution in [0, 0.1) is 5.92 Å². The summed E-state index contributed by atoms with van der Waals surface area (Å²) in [6.45, 7) is 8.98. The lowest BCUT2D eigenvalue weighted by Gasteiger charge is -2.36. The van der Waals surface area contributed by atoms with Gasteiger partial charge in [0, 0.05) is 6.04 Å². The SMILES string of the molecule is CNC(C)(CCCCN1CCC(C)CC1C)C(=O)OC. The lowest BCUT2D eigenvalue weighted by atomic mass is 9.92. The van der Waals surface area contributed by atoms with Gasteiger partial charge >= 0.3 is 5.97 Å². The van der Waals surface area contributed by atoms with Crippen LogP contribution >= 0.6 is 0 Å². The van der Waals surface area contributed by atoms with Gasteiger partial charge in [-0.1, -0.05) is 6.92 Å². The Morgan fingerprint density at radius 2 is 2.10 bits per heavy atom. The second kappa shape index (κ2) is 7.99. The summed E-state index contributed by atoms with van der Waals surface area (Å²) < 4.78 is 4.87. The van der Waals surface area contributed by atoms with Crippen molar-refractivity contribution in [2.45, 2.75) is 64.5 Å². The van der Waals surface area contributed by atoms with Gasteiger partial charge in [-0.15, -0.1) is 0 Å². The van der Waals surface area contributed by atoms with Crippen LogP contribution in [0.2, 0.25) is 0 Å². The molecule has 0 amide bonds. The Morgan fingerprint density at radius 1 is 1.40 bits per heavy atom. The van der Waals surface area contributed by atoms with Gasteiger partial charge in [-0.3, -0.25) is 4.79 Å². The van der Waals surface area contributed by atoms with Gasteiger partial charge in [-0.25, -0.2) is 0 Å². The molecule has 1 aliphatic heterocycles. The number of likely N-dealkylation sites (N-methyl/N-ethyl adjacent to an activating group) is 1. The maximum atomic E-state index is 11.8. The number of rotatable bonds is 7. The van der Waals surface area contributed by atoms with Crippen LogP contribution in [0.4, 0.5) is 0 Å². The first-order chi connectivity index (χ1) is 9.42. The minimum Gasteiger partial charge on any atom is -0.468 e. The summed E-state index contributed by atoms with van der Waals surface area (Å²) in [5.41, 5.74) is -0.545. The normalized spacial score (nSPS) is 27.1. The minimum atomic E-state index is -0.545. The van der Waals surface area contributed by atoms with Crippen LogP contribution in [0.1, 0.15) is 52.9 Å². The molecule has 3 unspecified atom stereocenters. The molecule has 0 aliphatic carbocycles. The average Bonchev–Trinajstić information content (AvgIpc) is 2.44. The fourth-order valence-electron chi connectivity index (χ4n) is 3.14. The first-order valence-corrected chi connectivity index (χ1v) is 7.94. The molecule has 1 heterocycles. The highest BCUT2D eigenvalue weighted by Gasteiger charge is 2.31. The summed E-state index contributed by atoms with van der Waals surface area (Å²) in [6, 6.07) is 0.704. The van der Waals surface area contributed by atoms with Crippen molar-refractivity contribution in [1.29, 1.82) is 0 Å². The van der Waals surface area contributed by atoms with Crippen LogP contribution in [-0.2, 0) is 9.53 Å². The molecule has 0 radical (unpaired) electrons. The van der Waals surface area contributed by atoms with Crippen LogP contribution in [0.25, 0.3) is 0 Å². The van der Waals surface area contributed by atoms with Crippen LogP contribution in [-0.4, -0.2) is 49.7 Å². The number of hydrogen-bond acceptors (Lipinski definition) is 4. The highest BCUT2D eigenvalue weighted by atomic mass is 16.5. The quantitative estimate of drug-likeness (QED) is 0.576. The molecule has 118 valence electrons. The van der Waals surface area contributed by atoms with E-state index in [4.69, 9.17) is 4.74 Å². The molecule has 1 N–H and O–H groups in total. The summed E-state index contributed by atoms with van der Waals surface area (Å²) in [5.74, 6) is 0.702. The fraction of sp³-hybridized carbons (Fsp3) is 0.938. The van der Waals surface area contributed by atoms with E-state index >= 15 is 0 Å². The van der Waals surface area contributed by atoms with E-state index in [1.165, 1.54) is 26.5 Å². The van der Waals surface area contributed by atoms with Crippen LogP contribution in [0.15, 0.2) is 0 Å². The van der Waals surface area contributed by atoms with E-state index in [-0.39, 0.29) is 5.97 Å². The predicted octanol–water partition coefficient (Wildman–Crippen LogP) is 2.43. The number of nitrogens with zero attached hydrogens (tertiary/aromatic N) is 1. The molecular weight excluding hydrogens is 252 g/mol. The number of nitrogens with one attached hydrogen (secondary N) is 1. The van der Waals surface area contributed by atoms with Crippen molar-refractivity contribution in [2.24, 2.45) is 5.92 Å². The average molecular weight is 284 g/mol. The molecule has 1 aliphatic rings. The van der Waals surface area contributed by atoms with Gasteiger partial charge in [-0.2, -0.15) is 0 Å². The third-order valence-electron chi connectivity index (χ3n) is 4.84. The number of methoxy groups -OCH3 is 1. The topological polar surface area (TPSA) is 41.6 Å². The number of ether oxygens (including phenoxy) is 1.